The molecule has 95 heavy (non-hydrogen) atoms. The minimum Gasteiger partial charge on any atom is -0.379 e. The Balaban J connectivity index is -0.00000135. The molecule has 0 unspecified atom stereocenters. The van der Waals surface area contributed by atoms with Gasteiger partial charge in [-0.25, -0.2) is 0 Å². The molecule has 0 aliphatic heterocycles. The second-order valence-corrected chi connectivity index (χ2v) is 38.2. The van der Waals surface area contributed by atoms with Crippen LogP contribution < -0.4 is 37.2 Å². The summed E-state index contributed by atoms with van der Waals surface area (Å²) in [5.74, 6) is -0.273. The molecule has 7 amide bonds. The van der Waals surface area contributed by atoms with Crippen LogP contribution in [0.15, 0.2) is 0 Å². The molecule has 0 aliphatic rings. The highest BCUT2D eigenvalue weighted by molar-refractivity contribution is 5.89. The minimum atomic E-state index is -0.488. The van der Waals surface area contributed by atoms with E-state index in [1.165, 1.54) is 0 Å². The number of nitrogens with one attached hydrogen (secondary N) is 7. The fourth-order valence-corrected chi connectivity index (χ4v) is 9.42. The molecule has 0 rings (SSSR count). The number of unbranched alkanes of at least 4 members (excludes halogenated alkanes) is 5. The standard InChI is InChI=1S/C29H57N3O3.C27H54N2O4.C23H46N2O2/c1-27(2,3)18-13-12-15-23(32-25(34)17-19-28(4,5)6)26(35)31-21-14-10-11-16-24(33)30-22-20-29(7,8)9;1-25(2,3)14-11-10-12-22(29-23(30)13-15-26(4,5)6)24(31)28-17-19-33-21-20-32-18-16-27(7,8)9;1-21(2,3)14-11-10-12-18(20(27)24-17-16-23(7,8)9)25-19(26)13-15-22(4,5)6/h23H,10-22H2,1-9H3,(H,30,33)(H,31,35)(H,32,34);22H,10-21H2,1-9H3,(H,28,31)(H,29,30);18H,10-17H2,1-9H3,(H,24,27)(H,25,26)/t23-;22-;18-/m000/s1. The van der Waals surface area contributed by atoms with E-state index in [9.17, 15) is 33.6 Å². The molecular weight excluding hydrogens is 1190 g/mol. The Bertz CT molecular complexity index is 2080. The largest absolute Gasteiger partial charge is 0.379 e. The Hall–Kier alpha value is -3.79. The van der Waals surface area contributed by atoms with Crippen LogP contribution in [0.4, 0.5) is 0 Å². The van der Waals surface area contributed by atoms with E-state index in [1.54, 1.807) is 0 Å². The van der Waals surface area contributed by atoms with Crippen LogP contribution >= 0.6 is 0 Å². The summed E-state index contributed by atoms with van der Waals surface area (Å²) in [6, 6.07) is -1.38. The molecule has 0 radical (unpaired) electrons. The number of amides is 7. The molecule has 7 N–H and O–H groups in total. The van der Waals surface area contributed by atoms with Crippen molar-refractivity contribution in [2.75, 3.05) is 52.6 Å². The maximum absolute atomic E-state index is 12.8. The van der Waals surface area contributed by atoms with Gasteiger partial charge in [0, 0.05) is 58.5 Å². The van der Waals surface area contributed by atoms with Crippen LogP contribution in [0, 0.1) is 48.7 Å². The summed E-state index contributed by atoms with van der Waals surface area (Å²) in [6.45, 7) is 63.3. The average Bonchev–Trinajstić information content (AvgIpc) is 1.01. The second kappa shape index (κ2) is 48.1. The first-order valence-corrected chi connectivity index (χ1v) is 37.3. The summed E-state index contributed by atoms with van der Waals surface area (Å²) in [5.41, 5.74) is 1.85. The van der Waals surface area contributed by atoms with Gasteiger partial charge >= 0.3 is 0 Å². The number of hydrogen-bond donors (Lipinski definition) is 7. The van der Waals surface area contributed by atoms with E-state index in [1.807, 2.05) is 0 Å². The van der Waals surface area contributed by atoms with Crippen molar-refractivity contribution in [3.05, 3.63) is 0 Å². The van der Waals surface area contributed by atoms with Crippen LogP contribution in [0.25, 0.3) is 0 Å². The third-order valence-corrected chi connectivity index (χ3v) is 15.9. The summed E-state index contributed by atoms with van der Waals surface area (Å²) in [5, 5.41) is 20.9. The monoisotopic (exact) mass is 1350 g/mol. The molecule has 0 saturated carbocycles. The lowest BCUT2D eigenvalue weighted by molar-refractivity contribution is -0.129. The van der Waals surface area contributed by atoms with Crippen LogP contribution in [-0.2, 0) is 43.0 Å². The third-order valence-electron chi connectivity index (χ3n) is 15.9. The van der Waals surface area contributed by atoms with Gasteiger partial charge in [0.1, 0.15) is 18.1 Å². The summed E-state index contributed by atoms with van der Waals surface area (Å²) < 4.78 is 11.1. The Labute approximate surface area is 585 Å². The molecule has 0 aliphatic carbocycles. The van der Waals surface area contributed by atoms with Crippen molar-refractivity contribution in [3.63, 3.8) is 0 Å². The molecular formula is C79H157N7O9. The molecule has 0 aromatic carbocycles. The van der Waals surface area contributed by atoms with E-state index in [2.05, 4.69) is 224 Å². The van der Waals surface area contributed by atoms with Gasteiger partial charge < -0.3 is 46.7 Å². The second-order valence-electron chi connectivity index (χ2n) is 38.2. The maximum Gasteiger partial charge on any atom is 0.242 e. The van der Waals surface area contributed by atoms with E-state index in [-0.39, 0.29) is 84.7 Å². The lowest BCUT2D eigenvalue weighted by Crippen LogP contribution is -2.47. The molecule has 16 nitrogen and oxygen atoms in total. The average molecular weight is 1350 g/mol. The molecule has 0 aromatic heterocycles. The fourth-order valence-electron chi connectivity index (χ4n) is 9.42. The van der Waals surface area contributed by atoms with Gasteiger partial charge in [0.2, 0.25) is 41.4 Å². The molecule has 0 fully saturated rings. The van der Waals surface area contributed by atoms with E-state index in [4.69, 9.17) is 9.47 Å². The van der Waals surface area contributed by atoms with Gasteiger partial charge in [-0.2, -0.15) is 0 Å². The van der Waals surface area contributed by atoms with E-state index >= 15 is 0 Å². The van der Waals surface area contributed by atoms with Gasteiger partial charge in [-0.15, -0.1) is 0 Å². The lowest BCUT2D eigenvalue weighted by Gasteiger charge is -2.23. The summed E-state index contributed by atoms with van der Waals surface area (Å²) >= 11 is 0. The third kappa shape index (κ3) is 72.8. The number of carbonyl (C=O) groups is 7. The molecule has 16 heteroatoms. The number of rotatable bonds is 42. The Kier molecular flexibility index (Phi) is 48.3. The summed E-state index contributed by atoms with van der Waals surface area (Å²) in [7, 11) is 0. The van der Waals surface area contributed by atoms with Crippen LogP contribution in [-0.4, -0.2) is 112 Å². The summed E-state index contributed by atoms with van der Waals surface area (Å²) in [6.07, 6.45) is 21.0. The van der Waals surface area contributed by atoms with Crippen molar-refractivity contribution in [1.82, 2.24) is 37.2 Å². The number of ether oxygens (including phenoxy) is 2. The zero-order valence-electron chi connectivity index (χ0n) is 67.2. The van der Waals surface area contributed by atoms with E-state index in [0.29, 0.717) is 89.8 Å². The normalized spacial score (nSPS) is 13.6. The highest BCUT2D eigenvalue weighted by atomic mass is 16.5. The zero-order chi connectivity index (χ0) is 74.0. The molecule has 3 atom stereocenters. The Morgan fingerprint density at radius 1 is 0.242 bits per heavy atom. The van der Waals surface area contributed by atoms with Crippen molar-refractivity contribution in [3.8, 4) is 0 Å². The summed E-state index contributed by atoms with van der Waals surface area (Å²) in [4.78, 5) is 87.4. The topological polar surface area (TPSA) is 222 Å². The Morgan fingerprint density at radius 3 is 0.842 bits per heavy atom. The molecule has 0 spiro atoms. The first-order valence-electron chi connectivity index (χ1n) is 37.3. The fraction of sp³-hybridized carbons (Fsp3) is 0.911. The SMILES string of the molecule is CC(C)(C)CCCC[C@H](NC(=O)CCC(C)(C)C)C(=O)NCCC(C)(C)C.CC(C)(C)CCCC[C@H](NC(=O)CCC(C)(C)C)C(=O)NCCCCCC(=O)NCCC(C)(C)C.CC(C)(C)CCCC[C@H](NC(=O)CCC(C)(C)C)C(=O)NCCOCCOCCC(C)(C)C. The quantitative estimate of drug-likeness (QED) is 0.0289. The van der Waals surface area contributed by atoms with Crippen molar-refractivity contribution in [2.24, 2.45) is 48.7 Å². The van der Waals surface area contributed by atoms with Gasteiger partial charge in [0.25, 0.3) is 0 Å². The lowest BCUT2D eigenvalue weighted by atomic mass is 9.89. The smallest absolute Gasteiger partial charge is 0.242 e. The first kappa shape index (κ1) is 95.4. The number of hydrogen-bond acceptors (Lipinski definition) is 9. The van der Waals surface area contributed by atoms with Crippen molar-refractivity contribution in [1.29, 1.82) is 0 Å². The van der Waals surface area contributed by atoms with Crippen LogP contribution in [0.2, 0.25) is 0 Å². The highest BCUT2D eigenvalue weighted by Crippen LogP contribution is 2.27. The Morgan fingerprint density at radius 2 is 0.526 bits per heavy atom. The number of carbonyl (C=O) groups excluding carboxylic acids is 7. The van der Waals surface area contributed by atoms with Crippen LogP contribution in [0.1, 0.15) is 347 Å². The molecule has 0 saturated heterocycles. The van der Waals surface area contributed by atoms with E-state index in [0.717, 1.165) is 129 Å². The zero-order valence-corrected chi connectivity index (χ0v) is 67.2. The minimum absolute atomic E-state index is 0.0169. The van der Waals surface area contributed by atoms with Gasteiger partial charge in [0.05, 0.1) is 19.8 Å². The maximum atomic E-state index is 12.8. The van der Waals surface area contributed by atoms with Crippen LogP contribution in [0.5, 0.6) is 0 Å². The molecule has 0 aromatic rings. The van der Waals surface area contributed by atoms with Gasteiger partial charge in [-0.3, -0.25) is 33.6 Å². The van der Waals surface area contributed by atoms with Crippen molar-refractivity contribution < 1.29 is 43.0 Å². The van der Waals surface area contributed by atoms with Gasteiger partial charge in [0.15, 0.2) is 0 Å². The van der Waals surface area contributed by atoms with E-state index < -0.39 is 18.1 Å². The van der Waals surface area contributed by atoms with Crippen molar-refractivity contribution >= 4 is 41.4 Å². The molecule has 0 bridgehead atoms. The molecule has 562 valence electrons. The highest BCUT2D eigenvalue weighted by Gasteiger charge is 2.26. The predicted octanol–water partition coefficient (Wildman–Crippen LogP) is 17.1. The van der Waals surface area contributed by atoms with Crippen LogP contribution in [0.3, 0.4) is 0 Å². The molecule has 0 heterocycles. The predicted molar refractivity (Wildman–Crippen MR) is 400 cm³/mol. The van der Waals surface area contributed by atoms with Gasteiger partial charge in [-0.05, 0) is 139 Å². The van der Waals surface area contributed by atoms with Gasteiger partial charge in [-0.1, -0.05) is 232 Å². The first-order chi connectivity index (χ1) is 43.2. The van der Waals surface area contributed by atoms with Crippen molar-refractivity contribution in [2.45, 2.75) is 366 Å².